The van der Waals surface area contributed by atoms with E-state index in [-0.39, 0.29) is 0 Å². The van der Waals surface area contributed by atoms with Gasteiger partial charge in [-0.15, -0.1) is 0 Å². The number of hydrogen-bond acceptors (Lipinski definition) is 0. The van der Waals surface area contributed by atoms with E-state index >= 15 is 0 Å². The van der Waals surface area contributed by atoms with Gasteiger partial charge in [-0.05, 0) is 25.7 Å². The molecule has 0 bridgehead atoms. The van der Waals surface area contributed by atoms with Crippen LogP contribution in [0.4, 0.5) is 0 Å². The molecule has 0 radical (unpaired) electrons. The van der Waals surface area contributed by atoms with Gasteiger partial charge in [0, 0.05) is 6.42 Å². The summed E-state index contributed by atoms with van der Waals surface area (Å²) in [6.45, 7) is 9.27. The van der Waals surface area contributed by atoms with Crippen molar-refractivity contribution >= 4 is 0 Å². The summed E-state index contributed by atoms with van der Waals surface area (Å²) in [6, 6.07) is 0. The minimum Gasteiger partial charge on any atom is -0.234 e. The molecule has 2 heteroatoms. The summed E-state index contributed by atoms with van der Waals surface area (Å²) in [4.78, 5) is 0. The number of nitrogens with zero attached hydrogens (tertiary/aromatic N) is 2. The fourth-order valence-electron chi connectivity index (χ4n) is 3.74. The lowest BCUT2D eigenvalue weighted by atomic mass is 10.1. The topological polar surface area (TPSA) is 8.81 Å². The van der Waals surface area contributed by atoms with Gasteiger partial charge < -0.3 is 0 Å². The maximum absolute atomic E-state index is 2.54. The zero-order valence-corrected chi connectivity index (χ0v) is 17.6. The second-order valence-corrected chi connectivity index (χ2v) is 7.74. The van der Waals surface area contributed by atoms with E-state index in [2.05, 4.69) is 42.3 Å². The molecule has 0 aromatic carbocycles. The van der Waals surface area contributed by atoms with Gasteiger partial charge in [-0.3, -0.25) is 0 Å². The lowest BCUT2D eigenvalue weighted by Crippen LogP contribution is -2.37. The average molecular weight is 350 g/mol. The van der Waals surface area contributed by atoms with Crippen molar-refractivity contribution in [2.24, 2.45) is 0 Å². The third kappa shape index (κ3) is 10.1. The molecule has 0 N–H and O–H groups in total. The lowest BCUT2D eigenvalue weighted by molar-refractivity contribution is -0.703. The highest BCUT2D eigenvalue weighted by atomic mass is 15.1. The predicted molar refractivity (Wildman–Crippen MR) is 110 cm³/mol. The number of hydrogen-bond donors (Lipinski definition) is 0. The standard InChI is InChI=1S/C23H45N2/c1-4-7-9-11-12-13-14-15-17-20-25-22-21-24(19-6-3)23(25)18-16-10-8-5-2/h21-22H,4-20H2,1-3H3/q+1. The van der Waals surface area contributed by atoms with Gasteiger partial charge >= 0.3 is 0 Å². The van der Waals surface area contributed by atoms with E-state index in [4.69, 9.17) is 0 Å². The molecule has 1 aromatic heterocycles. The van der Waals surface area contributed by atoms with Crippen LogP contribution >= 0.6 is 0 Å². The zero-order chi connectivity index (χ0) is 18.2. The number of aryl methyl sites for hydroxylation is 2. The van der Waals surface area contributed by atoms with E-state index in [1.807, 2.05) is 0 Å². The summed E-state index contributed by atoms with van der Waals surface area (Å²) in [6.07, 6.45) is 25.3. The molecule has 146 valence electrons. The molecule has 0 saturated carbocycles. The van der Waals surface area contributed by atoms with Crippen LogP contribution in [-0.4, -0.2) is 4.57 Å². The molecule has 0 aliphatic carbocycles. The smallest absolute Gasteiger partial charge is 0.234 e. The Balaban J connectivity index is 2.26. The van der Waals surface area contributed by atoms with Gasteiger partial charge in [0.15, 0.2) is 0 Å². The summed E-state index contributed by atoms with van der Waals surface area (Å²) in [5.74, 6) is 1.57. The Morgan fingerprint density at radius 3 is 1.84 bits per heavy atom. The van der Waals surface area contributed by atoms with Crippen LogP contribution in [0.25, 0.3) is 0 Å². The van der Waals surface area contributed by atoms with Gasteiger partial charge in [0.2, 0.25) is 0 Å². The quantitative estimate of drug-likeness (QED) is 0.215. The van der Waals surface area contributed by atoms with E-state index in [9.17, 15) is 0 Å². The molecular weight excluding hydrogens is 304 g/mol. The van der Waals surface area contributed by atoms with Gasteiger partial charge in [-0.25, -0.2) is 9.13 Å². The summed E-state index contributed by atoms with van der Waals surface area (Å²) >= 11 is 0. The molecule has 1 aromatic rings. The Bertz CT molecular complexity index is 408. The first-order valence-corrected chi connectivity index (χ1v) is 11.4. The van der Waals surface area contributed by atoms with Gasteiger partial charge in [-0.1, -0.05) is 85.0 Å². The molecule has 25 heavy (non-hydrogen) atoms. The van der Waals surface area contributed by atoms with Crippen LogP contribution in [0.1, 0.15) is 116 Å². The highest BCUT2D eigenvalue weighted by Gasteiger charge is 2.15. The Labute approximate surface area is 158 Å². The van der Waals surface area contributed by atoms with E-state index in [1.54, 1.807) is 5.82 Å². The van der Waals surface area contributed by atoms with Crippen molar-refractivity contribution < 1.29 is 4.57 Å². The van der Waals surface area contributed by atoms with Gasteiger partial charge in [0.05, 0.1) is 13.1 Å². The van der Waals surface area contributed by atoms with E-state index < -0.39 is 0 Å². The molecule has 0 amide bonds. The van der Waals surface area contributed by atoms with Crippen molar-refractivity contribution in [1.29, 1.82) is 0 Å². The highest BCUT2D eigenvalue weighted by Crippen LogP contribution is 2.11. The number of aromatic nitrogens is 2. The molecule has 0 aliphatic rings. The van der Waals surface area contributed by atoms with Gasteiger partial charge in [0.25, 0.3) is 5.82 Å². The van der Waals surface area contributed by atoms with E-state index in [0.29, 0.717) is 0 Å². The van der Waals surface area contributed by atoms with Crippen LogP contribution in [0.15, 0.2) is 12.4 Å². The van der Waals surface area contributed by atoms with E-state index in [0.717, 1.165) is 0 Å². The highest BCUT2D eigenvalue weighted by molar-refractivity contribution is 4.84. The van der Waals surface area contributed by atoms with Crippen LogP contribution in [0, 0.1) is 0 Å². The molecule has 0 unspecified atom stereocenters. The average Bonchev–Trinajstić information content (AvgIpc) is 2.99. The predicted octanol–water partition coefficient (Wildman–Crippen LogP) is 6.84. The molecule has 1 rings (SSSR count). The van der Waals surface area contributed by atoms with Crippen molar-refractivity contribution in [2.45, 2.75) is 130 Å². The van der Waals surface area contributed by atoms with Gasteiger partial charge in [-0.2, -0.15) is 0 Å². The Morgan fingerprint density at radius 1 is 0.680 bits per heavy atom. The normalized spacial score (nSPS) is 11.3. The first kappa shape index (κ1) is 22.3. The lowest BCUT2D eigenvalue weighted by Gasteiger charge is -2.06. The van der Waals surface area contributed by atoms with Crippen molar-refractivity contribution in [3.05, 3.63) is 18.2 Å². The fourth-order valence-corrected chi connectivity index (χ4v) is 3.74. The van der Waals surface area contributed by atoms with Crippen molar-refractivity contribution in [3.8, 4) is 0 Å². The largest absolute Gasteiger partial charge is 0.256 e. The molecule has 2 nitrogen and oxygen atoms in total. The summed E-state index contributed by atoms with van der Waals surface area (Å²) in [5.41, 5.74) is 0. The van der Waals surface area contributed by atoms with Crippen LogP contribution in [-0.2, 0) is 19.5 Å². The first-order valence-electron chi connectivity index (χ1n) is 11.4. The molecule has 0 spiro atoms. The third-order valence-electron chi connectivity index (χ3n) is 5.31. The van der Waals surface area contributed by atoms with Crippen LogP contribution < -0.4 is 4.57 Å². The molecular formula is C23H45N2+. The zero-order valence-electron chi connectivity index (χ0n) is 17.6. The summed E-state index contributed by atoms with van der Waals surface area (Å²) < 4.78 is 5.04. The first-order chi connectivity index (χ1) is 12.3. The molecule has 0 aliphatic heterocycles. The van der Waals surface area contributed by atoms with Crippen LogP contribution in [0.3, 0.4) is 0 Å². The monoisotopic (exact) mass is 349 g/mol. The Morgan fingerprint density at radius 2 is 1.24 bits per heavy atom. The maximum Gasteiger partial charge on any atom is 0.256 e. The maximum atomic E-state index is 2.54. The Hall–Kier alpha value is -0.790. The number of unbranched alkanes of at least 4 members (excludes halogenated alkanes) is 11. The molecule has 0 fully saturated rings. The van der Waals surface area contributed by atoms with Crippen molar-refractivity contribution in [2.75, 3.05) is 0 Å². The SMILES string of the molecule is CCCCCCCCCCCn1cc[n+](CCC)c1CCCCCC. The van der Waals surface area contributed by atoms with Gasteiger partial charge in [0.1, 0.15) is 12.4 Å². The minimum atomic E-state index is 1.17. The molecule has 0 saturated heterocycles. The van der Waals surface area contributed by atoms with Crippen molar-refractivity contribution in [3.63, 3.8) is 0 Å². The van der Waals surface area contributed by atoms with Crippen molar-refractivity contribution in [1.82, 2.24) is 4.57 Å². The molecule has 0 atom stereocenters. The third-order valence-corrected chi connectivity index (χ3v) is 5.31. The molecule has 1 heterocycles. The Kier molecular flexibility index (Phi) is 13.8. The van der Waals surface area contributed by atoms with Crippen LogP contribution in [0.2, 0.25) is 0 Å². The number of imidazole rings is 1. The summed E-state index contributed by atoms with van der Waals surface area (Å²) in [5, 5.41) is 0. The van der Waals surface area contributed by atoms with E-state index in [1.165, 1.54) is 109 Å². The van der Waals surface area contributed by atoms with Crippen LogP contribution in [0.5, 0.6) is 0 Å². The number of rotatable bonds is 17. The second-order valence-electron chi connectivity index (χ2n) is 7.74. The second kappa shape index (κ2) is 15.5. The minimum absolute atomic E-state index is 1.17. The summed E-state index contributed by atoms with van der Waals surface area (Å²) in [7, 11) is 0. The fraction of sp³-hybridized carbons (Fsp3) is 0.870.